The van der Waals surface area contributed by atoms with Crippen LogP contribution >= 0.6 is 0 Å². The summed E-state index contributed by atoms with van der Waals surface area (Å²) >= 11 is 0. The molecule has 0 aliphatic heterocycles. The van der Waals surface area contributed by atoms with Gasteiger partial charge >= 0.3 is 0 Å². The van der Waals surface area contributed by atoms with Crippen LogP contribution in [-0.2, 0) is 32.8 Å². The summed E-state index contributed by atoms with van der Waals surface area (Å²) in [5.41, 5.74) is 5.56. The number of aromatic hydroxyl groups is 1. The van der Waals surface area contributed by atoms with Crippen LogP contribution in [0.1, 0.15) is 49.4 Å². The summed E-state index contributed by atoms with van der Waals surface area (Å²) in [5.74, 6) is -6.76. The van der Waals surface area contributed by atoms with E-state index in [0.29, 0.717) is 23.5 Å². The molecule has 5 rings (SSSR count). The molecule has 2 aromatic rings. The fourth-order valence-corrected chi connectivity index (χ4v) is 7.15. The van der Waals surface area contributed by atoms with Crippen LogP contribution in [0.4, 0.5) is 11.4 Å². The molecule has 1 saturated carbocycles. The first-order valence-corrected chi connectivity index (χ1v) is 14.9. The van der Waals surface area contributed by atoms with E-state index in [1.807, 2.05) is 31.1 Å². The maximum Gasteiger partial charge on any atom is 0.255 e. The Morgan fingerprint density at radius 2 is 1.69 bits per heavy atom. The van der Waals surface area contributed by atoms with Gasteiger partial charge < -0.3 is 36.4 Å². The lowest BCUT2D eigenvalue weighted by Gasteiger charge is -2.50. The van der Waals surface area contributed by atoms with Gasteiger partial charge in [0, 0.05) is 37.8 Å². The van der Waals surface area contributed by atoms with Gasteiger partial charge in [0.1, 0.15) is 22.8 Å². The van der Waals surface area contributed by atoms with Crippen LogP contribution in [0, 0.1) is 11.8 Å². The normalized spacial score (nSPS) is 24.8. The van der Waals surface area contributed by atoms with Gasteiger partial charge in [0.05, 0.1) is 17.3 Å². The molecule has 45 heavy (non-hydrogen) atoms. The quantitative estimate of drug-likeness (QED) is 0.208. The number of fused-ring (bicyclic) bond motifs is 3. The lowest BCUT2D eigenvalue weighted by atomic mass is 9.57. The lowest BCUT2D eigenvalue weighted by molar-refractivity contribution is -0.153. The average Bonchev–Trinajstić information content (AvgIpc) is 2.93. The number of amides is 1. The van der Waals surface area contributed by atoms with E-state index in [2.05, 4.69) is 38.2 Å². The zero-order chi connectivity index (χ0) is 33.3. The Balaban J connectivity index is 1.61. The summed E-state index contributed by atoms with van der Waals surface area (Å²) in [6, 6.07) is 8.80. The number of benzene rings is 2. The van der Waals surface area contributed by atoms with Gasteiger partial charge in [-0.25, -0.2) is 0 Å². The SMILES string of the molecule is CN(C)c1cc(NCc2ccc(C(C)(C)C)cc2)c(O)c2c1C[C@@H]1C[C@@H]3[C@@H](N(C)C)C(=O)C(C(N)=O)=C(O)[C@]3(O)C(=O)C1=C2O. The molecule has 240 valence electrons. The summed E-state index contributed by atoms with van der Waals surface area (Å²) in [6.45, 7) is 6.78. The minimum atomic E-state index is -2.68. The Kier molecular flexibility index (Phi) is 7.78. The van der Waals surface area contributed by atoms with Gasteiger partial charge in [-0.3, -0.25) is 19.3 Å². The Labute approximate surface area is 262 Å². The highest BCUT2D eigenvalue weighted by atomic mass is 16.3. The van der Waals surface area contributed by atoms with Crippen molar-refractivity contribution in [1.29, 1.82) is 0 Å². The Morgan fingerprint density at radius 1 is 1.07 bits per heavy atom. The van der Waals surface area contributed by atoms with Crippen molar-refractivity contribution in [3.8, 4) is 5.75 Å². The fraction of sp³-hybridized carbons (Fsp3) is 0.441. The van der Waals surface area contributed by atoms with E-state index in [4.69, 9.17) is 5.73 Å². The number of rotatable bonds is 6. The number of anilines is 2. The van der Waals surface area contributed by atoms with E-state index in [9.17, 15) is 34.8 Å². The summed E-state index contributed by atoms with van der Waals surface area (Å²) in [5, 5.41) is 49.4. The number of likely N-dealkylation sites (N-methyl/N-ethyl adjacent to an activating group) is 1. The minimum absolute atomic E-state index is 0.00443. The van der Waals surface area contributed by atoms with E-state index < -0.39 is 58.0 Å². The Hall–Kier alpha value is -4.35. The van der Waals surface area contributed by atoms with Crippen molar-refractivity contribution >= 4 is 34.6 Å². The predicted octanol–water partition coefficient (Wildman–Crippen LogP) is 2.94. The molecule has 11 heteroatoms. The number of ketones is 2. The van der Waals surface area contributed by atoms with Crippen LogP contribution in [0.5, 0.6) is 5.75 Å². The zero-order valence-corrected chi connectivity index (χ0v) is 26.7. The highest BCUT2D eigenvalue weighted by Crippen LogP contribution is 2.54. The monoisotopic (exact) mass is 618 g/mol. The molecule has 3 aliphatic rings. The number of aliphatic hydroxyl groups is 3. The van der Waals surface area contributed by atoms with E-state index in [-0.39, 0.29) is 35.1 Å². The topological polar surface area (TPSA) is 177 Å². The lowest BCUT2D eigenvalue weighted by Crippen LogP contribution is -2.65. The standard InChI is InChI=1S/C34H42N4O7/c1-33(2,3)18-10-8-16(9-11-18)15-36-21-14-22(37(4)5)19-12-17-13-20-26(38(6)7)29(41)25(32(35)44)31(43)34(20,45)30(42)23(17)28(40)24(19)27(21)39/h8-11,14,17,20,26,36,39-40,43,45H,12-13,15H2,1-7H3,(H2,35,44)/t17-,20-,26-,34-/m1/s1. The number of hydrogen-bond acceptors (Lipinski definition) is 10. The molecule has 7 N–H and O–H groups in total. The second kappa shape index (κ2) is 10.9. The molecule has 0 saturated heterocycles. The van der Waals surface area contributed by atoms with E-state index in [1.54, 1.807) is 20.2 Å². The van der Waals surface area contributed by atoms with Crippen molar-refractivity contribution in [2.45, 2.75) is 57.2 Å². The average molecular weight is 619 g/mol. The van der Waals surface area contributed by atoms with Gasteiger partial charge in [-0.15, -0.1) is 0 Å². The Bertz CT molecular complexity index is 1670. The number of nitrogens with two attached hydrogens (primary N) is 1. The molecular weight excluding hydrogens is 576 g/mol. The second-order valence-corrected chi connectivity index (χ2v) is 13.8. The third-order valence-electron chi connectivity index (χ3n) is 9.48. The number of nitrogens with one attached hydrogen (secondary N) is 1. The molecule has 0 radical (unpaired) electrons. The second-order valence-electron chi connectivity index (χ2n) is 13.8. The van der Waals surface area contributed by atoms with Crippen LogP contribution in [0.25, 0.3) is 5.76 Å². The van der Waals surface area contributed by atoms with Crippen molar-refractivity contribution in [3.63, 3.8) is 0 Å². The molecule has 0 spiro atoms. The molecule has 11 nitrogen and oxygen atoms in total. The number of nitrogens with zero attached hydrogens (tertiary/aromatic N) is 2. The molecule has 1 fully saturated rings. The summed E-state index contributed by atoms with van der Waals surface area (Å²) in [7, 11) is 6.81. The summed E-state index contributed by atoms with van der Waals surface area (Å²) in [6.07, 6.45) is 0.244. The van der Waals surface area contributed by atoms with Crippen LogP contribution in [0.15, 0.2) is 47.2 Å². The maximum absolute atomic E-state index is 14.2. The molecule has 3 aliphatic carbocycles. The largest absolute Gasteiger partial charge is 0.508 e. The van der Waals surface area contributed by atoms with Crippen molar-refractivity contribution in [3.05, 3.63) is 69.5 Å². The zero-order valence-electron chi connectivity index (χ0n) is 26.7. The number of aliphatic hydroxyl groups excluding tert-OH is 2. The van der Waals surface area contributed by atoms with Crippen LogP contribution in [0.3, 0.4) is 0 Å². The molecule has 0 bridgehead atoms. The highest BCUT2D eigenvalue weighted by Gasteiger charge is 2.64. The number of carbonyl (C=O) groups excluding carboxylic acids is 3. The molecule has 0 unspecified atom stereocenters. The third-order valence-corrected chi connectivity index (χ3v) is 9.48. The number of hydrogen-bond donors (Lipinski definition) is 6. The van der Waals surface area contributed by atoms with Crippen LogP contribution < -0.4 is 16.0 Å². The number of carbonyl (C=O) groups is 3. The van der Waals surface area contributed by atoms with Gasteiger partial charge in [0.2, 0.25) is 5.78 Å². The van der Waals surface area contributed by atoms with E-state index >= 15 is 0 Å². The van der Waals surface area contributed by atoms with Crippen LogP contribution in [-0.4, -0.2) is 82.6 Å². The van der Waals surface area contributed by atoms with Gasteiger partial charge in [-0.2, -0.15) is 0 Å². The number of primary amides is 1. The van der Waals surface area contributed by atoms with Gasteiger partial charge in [0.15, 0.2) is 11.4 Å². The Morgan fingerprint density at radius 3 is 2.22 bits per heavy atom. The molecule has 4 atom stereocenters. The minimum Gasteiger partial charge on any atom is -0.508 e. The maximum atomic E-state index is 14.2. The number of Topliss-reactive ketones (excluding diaryl/α,β-unsaturated/α-hetero) is 2. The van der Waals surface area contributed by atoms with Gasteiger partial charge in [0.25, 0.3) is 5.91 Å². The number of phenols is 1. The summed E-state index contributed by atoms with van der Waals surface area (Å²) in [4.78, 5) is 43.0. The van der Waals surface area contributed by atoms with Crippen molar-refractivity contribution in [2.75, 3.05) is 38.4 Å². The smallest absolute Gasteiger partial charge is 0.255 e. The fourth-order valence-electron chi connectivity index (χ4n) is 7.15. The van der Waals surface area contributed by atoms with Crippen molar-refractivity contribution in [2.24, 2.45) is 17.6 Å². The van der Waals surface area contributed by atoms with E-state index in [1.165, 1.54) is 10.5 Å². The van der Waals surface area contributed by atoms with E-state index in [0.717, 1.165) is 5.56 Å². The first-order chi connectivity index (χ1) is 20.9. The first kappa shape index (κ1) is 32.1. The van der Waals surface area contributed by atoms with Crippen molar-refractivity contribution in [1.82, 2.24) is 4.90 Å². The molecule has 0 heterocycles. The van der Waals surface area contributed by atoms with Gasteiger partial charge in [-0.1, -0.05) is 45.0 Å². The first-order valence-electron chi connectivity index (χ1n) is 14.9. The van der Waals surface area contributed by atoms with Crippen molar-refractivity contribution < 1.29 is 34.8 Å². The number of phenolic OH excluding ortho intramolecular Hbond substituents is 1. The molecular formula is C34H42N4O7. The third kappa shape index (κ3) is 4.94. The van der Waals surface area contributed by atoms with Crippen LogP contribution in [0.2, 0.25) is 0 Å². The molecule has 2 aromatic carbocycles. The summed E-state index contributed by atoms with van der Waals surface area (Å²) < 4.78 is 0. The molecule has 0 aromatic heterocycles. The van der Waals surface area contributed by atoms with Gasteiger partial charge in [-0.05, 0) is 61.0 Å². The molecule has 1 amide bonds. The predicted molar refractivity (Wildman–Crippen MR) is 171 cm³/mol. The highest BCUT2D eigenvalue weighted by molar-refractivity contribution is 6.24.